The van der Waals surface area contributed by atoms with E-state index in [1.54, 1.807) is 22.9 Å². The Morgan fingerprint density at radius 1 is 0.939 bits per heavy atom. The molecule has 0 saturated carbocycles. The molecule has 10 heteroatoms. The molecule has 33 heavy (non-hydrogen) atoms. The van der Waals surface area contributed by atoms with Crippen molar-refractivity contribution in [3.8, 4) is 46.0 Å². The number of hydrogen-bond acceptors (Lipinski definition) is 8. The maximum absolute atomic E-state index is 12.6. The molecular weight excluding hydrogens is 428 g/mol. The Labute approximate surface area is 187 Å². The molecule has 4 heterocycles. The van der Waals surface area contributed by atoms with Crippen LogP contribution >= 0.6 is 0 Å². The van der Waals surface area contributed by atoms with Gasteiger partial charge in [-0.25, -0.2) is 0 Å². The molecule has 0 atom stereocenters. The molecule has 6 rings (SSSR count). The summed E-state index contributed by atoms with van der Waals surface area (Å²) in [7, 11) is 0. The molecule has 2 aromatic carbocycles. The molecule has 166 valence electrons. The van der Waals surface area contributed by atoms with Crippen LogP contribution in [0, 0.1) is 0 Å². The van der Waals surface area contributed by atoms with Crippen LogP contribution in [-0.2, 0) is 17.9 Å². The van der Waals surface area contributed by atoms with Crippen molar-refractivity contribution in [2.24, 2.45) is 0 Å². The lowest BCUT2D eigenvalue weighted by molar-refractivity contribution is -0.121. The van der Waals surface area contributed by atoms with Gasteiger partial charge in [-0.1, -0.05) is 11.2 Å². The van der Waals surface area contributed by atoms with E-state index < -0.39 is 0 Å². The van der Waals surface area contributed by atoms with Crippen LogP contribution in [0.2, 0.25) is 0 Å². The lowest BCUT2D eigenvalue weighted by Gasteiger charge is -2.08. The first-order valence-electron chi connectivity index (χ1n) is 10.3. The van der Waals surface area contributed by atoms with Gasteiger partial charge in [-0.15, -0.1) is 0 Å². The average molecular weight is 446 g/mol. The van der Waals surface area contributed by atoms with Crippen molar-refractivity contribution in [2.45, 2.75) is 13.1 Å². The summed E-state index contributed by atoms with van der Waals surface area (Å²) in [5, 5.41) is 6.99. The number of benzene rings is 2. The predicted molar refractivity (Wildman–Crippen MR) is 114 cm³/mol. The molecule has 0 radical (unpaired) electrons. The van der Waals surface area contributed by atoms with E-state index >= 15 is 0 Å². The molecule has 0 bridgehead atoms. The first-order valence-corrected chi connectivity index (χ1v) is 10.3. The van der Waals surface area contributed by atoms with E-state index in [1.165, 1.54) is 0 Å². The zero-order chi connectivity index (χ0) is 22.2. The Morgan fingerprint density at radius 3 is 2.55 bits per heavy atom. The number of carbonyl (C=O) groups is 1. The molecule has 0 spiro atoms. The molecule has 4 aromatic rings. The number of carbonyl (C=O) groups excluding carboxylic acids is 1. The summed E-state index contributed by atoms with van der Waals surface area (Å²) >= 11 is 0. The number of rotatable bonds is 6. The molecule has 2 aliphatic rings. The maximum atomic E-state index is 12.6. The minimum atomic E-state index is -0.152. The molecule has 0 fully saturated rings. The Hall–Kier alpha value is -4.47. The summed E-state index contributed by atoms with van der Waals surface area (Å²) < 4.78 is 28.7. The van der Waals surface area contributed by atoms with Crippen LogP contribution in [0.5, 0.6) is 23.0 Å². The average Bonchev–Trinajstić information content (AvgIpc) is 3.63. The number of hydrogen-bond donors (Lipinski definition) is 1. The summed E-state index contributed by atoms with van der Waals surface area (Å²) in [6.45, 7) is 0.893. The minimum absolute atomic E-state index is 0.106. The van der Waals surface area contributed by atoms with Crippen molar-refractivity contribution >= 4 is 5.91 Å². The van der Waals surface area contributed by atoms with Crippen molar-refractivity contribution in [3.05, 3.63) is 60.3 Å². The van der Waals surface area contributed by atoms with Crippen molar-refractivity contribution in [1.82, 2.24) is 20.0 Å². The molecule has 0 aliphatic carbocycles. The second-order valence-electron chi connectivity index (χ2n) is 7.48. The smallest absolute Gasteiger partial charge is 0.274 e. The van der Waals surface area contributed by atoms with Gasteiger partial charge in [-0.2, -0.15) is 4.98 Å². The number of amides is 1. The van der Waals surface area contributed by atoms with Gasteiger partial charge in [0.2, 0.25) is 25.3 Å². The van der Waals surface area contributed by atoms with Gasteiger partial charge in [0.15, 0.2) is 23.0 Å². The van der Waals surface area contributed by atoms with Gasteiger partial charge in [0.25, 0.3) is 5.89 Å². The second kappa shape index (κ2) is 7.90. The van der Waals surface area contributed by atoms with Crippen LogP contribution in [-0.4, -0.2) is 34.2 Å². The third kappa shape index (κ3) is 3.71. The molecule has 2 aliphatic heterocycles. The Balaban J connectivity index is 1.13. The van der Waals surface area contributed by atoms with Gasteiger partial charge in [-0.3, -0.25) is 4.79 Å². The van der Waals surface area contributed by atoms with Gasteiger partial charge in [-0.05, 0) is 48.0 Å². The third-order valence-corrected chi connectivity index (χ3v) is 5.35. The van der Waals surface area contributed by atoms with Crippen molar-refractivity contribution in [2.75, 3.05) is 13.6 Å². The fraction of sp³-hybridized carbons (Fsp3) is 0.174. The highest BCUT2D eigenvalue weighted by atomic mass is 16.7. The topological polar surface area (TPSA) is 110 Å². The van der Waals surface area contributed by atoms with E-state index in [2.05, 4.69) is 15.5 Å². The molecule has 2 aromatic heterocycles. The highest BCUT2D eigenvalue weighted by Gasteiger charge is 2.19. The quantitative estimate of drug-likeness (QED) is 0.481. The third-order valence-electron chi connectivity index (χ3n) is 5.35. The lowest BCUT2D eigenvalue weighted by Crippen LogP contribution is -2.27. The van der Waals surface area contributed by atoms with Crippen molar-refractivity contribution in [3.63, 3.8) is 0 Å². The van der Waals surface area contributed by atoms with Crippen molar-refractivity contribution in [1.29, 1.82) is 0 Å². The number of fused-ring (bicyclic) bond motifs is 2. The first-order chi connectivity index (χ1) is 16.2. The van der Waals surface area contributed by atoms with E-state index in [-0.39, 0.29) is 26.0 Å². The normalized spacial score (nSPS) is 13.3. The number of aromatic nitrogens is 3. The van der Waals surface area contributed by atoms with E-state index in [9.17, 15) is 4.79 Å². The zero-order valence-electron chi connectivity index (χ0n) is 17.3. The van der Waals surface area contributed by atoms with E-state index in [4.69, 9.17) is 23.5 Å². The minimum Gasteiger partial charge on any atom is -0.454 e. The predicted octanol–water partition coefficient (Wildman–Crippen LogP) is 2.98. The fourth-order valence-corrected chi connectivity index (χ4v) is 3.69. The van der Waals surface area contributed by atoms with Crippen LogP contribution in [0.4, 0.5) is 0 Å². The van der Waals surface area contributed by atoms with Gasteiger partial charge >= 0.3 is 0 Å². The van der Waals surface area contributed by atoms with E-state index in [0.29, 0.717) is 47.0 Å². The molecule has 1 amide bonds. The van der Waals surface area contributed by atoms with E-state index in [0.717, 1.165) is 11.1 Å². The fourth-order valence-electron chi connectivity index (χ4n) is 3.69. The first kappa shape index (κ1) is 19.2. The molecule has 0 unspecified atom stereocenters. The largest absolute Gasteiger partial charge is 0.454 e. The van der Waals surface area contributed by atoms with Gasteiger partial charge in [0, 0.05) is 18.3 Å². The summed E-state index contributed by atoms with van der Waals surface area (Å²) in [5.74, 6) is 3.30. The van der Waals surface area contributed by atoms with Crippen LogP contribution in [0.15, 0.2) is 59.3 Å². The summed E-state index contributed by atoms with van der Waals surface area (Å²) in [6, 6.07) is 14.7. The highest BCUT2D eigenvalue weighted by Crippen LogP contribution is 2.35. The summed E-state index contributed by atoms with van der Waals surface area (Å²) in [4.78, 5) is 17.0. The van der Waals surface area contributed by atoms with Gasteiger partial charge in [0.05, 0.1) is 0 Å². The Kier molecular flexibility index (Phi) is 4.60. The SMILES string of the molecule is O=C(Cn1cccc1-c1nc(-c2ccc3c(c2)OCO3)no1)NCc1ccc2c(c1)OCO2. The van der Waals surface area contributed by atoms with Crippen LogP contribution in [0.1, 0.15) is 5.56 Å². The molecular formula is C23H18N4O6. The van der Waals surface area contributed by atoms with Crippen LogP contribution < -0.4 is 24.3 Å². The number of nitrogens with one attached hydrogen (secondary N) is 1. The van der Waals surface area contributed by atoms with Gasteiger partial charge < -0.3 is 33.4 Å². The van der Waals surface area contributed by atoms with Crippen molar-refractivity contribution < 1.29 is 28.3 Å². The van der Waals surface area contributed by atoms with Crippen LogP contribution in [0.3, 0.4) is 0 Å². The Bertz CT molecular complexity index is 1340. The maximum Gasteiger partial charge on any atom is 0.274 e. The Morgan fingerprint density at radius 2 is 1.70 bits per heavy atom. The highest BCUT2D eigenvalue weighted by molar-refractivity contribution is 5.76. The second-order valence-corrected chi connectivity index (χ2v) is 7.48. The zero-order valence-corrected chi connectivity index (χ0v) is 17.3. The number of nitrogens with zero attached hydrogens (tertiary/aromatic N) is 3. The standard InChI is InChI=1S/C23H18N4O6/c28-21(24-10-14-3-5-17-19(8-14)31-12-29-17)11-27-7-1-2-16(27)23-25-22(26-33-23)15-4-6-18-20(9-15)32-13-30-18/h1-9H,10-13H2,(H,24,28). The summed E-state index contributed by atoms with van der Waals surface area (Å²) in [6.07, 6.45) is 1.79. The van der Waals surface area contributed by atoms with Crippen LogP contribution in [0.25, 0.3) is 23.0 Å². The van der Waals surface area contributed by atoms with E-state index in [1.807, 2.05) is 36.4 Å². The monoisotopic (exact) mass is 446 g/mol. The van der Waals surface area contributed by atoms with Gasteiger partial charge in [0.1, 0.15) is 12.2 Å². The lowest BCUT2D eigenvalue weighted by atomic mass is 10.2. The molecule has 1 N–H and O–H groups in total. The number of ether oxygens (including phenoxy) is 4. The molecule has 0 saturated heterocycles. The summed E-state index contributed by atoms with van der Waals surface area (Å²) in [5.41, 5.74) is 2.31. The molecule has 10 nitrogen and oxygen atoms in total.